The highest BCUT2D eigenvalue weighted by Gasteiger charge is 2.26. The summed E-state index contributed by atoms with van der Waals surface area (Å²) < 4.78 is 0. The van der Waals surface area contributed by atoms with Crippen LogP contribution in [0.4, 0.5) is 0 Å². The summed E-state index contributed by atoms with van der Waals surface area (Å²) in [5.74, 6) is 5.45. The van der Waals surface area contributed by atoms with Gasteiger partial charge in [0.15, 0.2) is 0 Å². The van der Waals surface area contributed by atoms with Gasteiger partial charge >= 0.3 is 0 Å². The molecule has 0 saturated heterocycles. The Balaban J connectivity index is 2.93. The van der Waals surface area contributed by atoms with Gasteiger partial charge in [-0.3, -0.25) is 11.3 Å². The van der Waals surface area contributed by atoms with Crippen molar-refractivity contribution in [2.45, 2.75) is 32.2 Å². The van der Waals surface area contributed by atoms with Gasteiger partial charge in [-0.2, -0.15) is 0 Å². The lowest BCUT2D eigenvalue weighted by Gasteiger charge is -2.31. The van der Waals surface area contributed by atoms with Crippen LogP contribution in [0.2, 0.25) is 0 Å². The third kappa shape index (κ3) is 2.08. The van der Waals surface area contributed by atoms with Crippen molar-refractivity contribution < 1.29 is 0 Å². The van der Waals surface area contributed by atoms with Crippen molar-refractivity contribution in [3.63, 3.8) is 0 Å². The first-order chi connectivity index (χ1) is 6.09. The second-order valence-electron chi connectivity index (χ2n) is 3.98. The molecule has 1 rings (SSSR count). The molecule has 0 bridgehead atoms. The zero-order valence-corrected chi connectivity index (χ0v) is 8.54. The van der Waals surface area contributed by atoms with Crippen LogP contribution in [0, 0.1) is 0 Å². The van der Waals surface area contributed by atoms with Crippen molar-refractivity contribution in [1.29, 1.82) is 0 Å². The number of benzene rings is 1. The van der Waals surface area contributed by atoms with Crippen LogP contribution >= 0.6 is 0 Å². The van der Waals surface area contributed by atoms with Crippen LogP contribution in [-0.2, 0) is 5.41 Å². The molecule has 0 heterocycles. The molecule has 0 spiro atoms. The lowest BCUT2D eigenvalue weighted by molar-refractivity contribution is 0.367. The van der Waals surface area contributed by atoms with Crippen molar-refractivity contribution in [3.8, 4) is 0 Å². The topological polar surface area (TPSA) is 38.0 Å². The fourth-order valence-corrected chi connectivity index (χ4v) is 1.33. The Labute approximate surface area is 80.1 Å². The Morgan fingerprint density at radius 3 is 2.23 bits per heavy atom. The predicted molar refractivity (Wildman–Crippen MR) is 56.3 cm³/mol. The zero-order chi connectivity index (χ0) is 9.90. The molecule has 0 fully saturated rings. The second kappa shape index (κ2) is 3.90. The van der Waals surface area contributed by atoms with Gasteiger partial charge in [0.2, 0.25) is 0 Å². The summed E-state index contributed by atoms with van der Waals surface area (Å²) in [4.78, 5) is 0. The van der Waals surface area contributed by atoms with Gasteiger partial charge in [-0.25, -0.2) is 0 Å². The SMILES string of the molecule is CC(NN)C(C)(C)c1ccccc1. The van der Waals surface area contributed by atoms with E-state index >= 15 is 0 Å². The first kappa shape index (κ1) is 10.2. The molecule has 13 heavy (non-hydrogen) atoms. The third-order valence-electron chi connectivity index (χ3n) is 2.85. The molecule has 3 N–H and O–H groups in total. The highest BCUT2D eigenvalue weighted by atomic mass is 15.2. The van der Waals surface area contributed by atoms with E-state index in [0.29, 0.717) is 0 Å². The van der Waals surface area contributed by atoms with Crippen molar-refractivity contribution in [2.75, 3.05) is 0 Å². The quantitative estimate of drug-likeness (QED) is 0.547. The van der Waals surface area contributed by atoms with Crippen molar-refractivity contribution in [2.24, 2.45) is 5.84 Å². The molecule has 1 aromatic carbocycles. The monoisotopic (exact) mass is 178 g/mol. The van der Waals surface area contributed by atoms with Crippen LogP contribution in [0.5, 0.6) is 0 Å². The normalized spacial score (nSPS) is 14.2. The molecule has 0 amide bonds. The molecule has 2 heteroatoms. The Bertz CT molecular complexity index is 254. The standard InChI is InChI=1S/C11H18N2/c1-9(13-12)11(2,3)10-7-5-4-6-8-10/h4-9,13H,12H2,1-3H3. The molecule has 72 valence electrons. The number of hydrazine groups is 1. The summed E-state index contributed by atoms with van der Waals surface area (Å²) in [5, 5.41) is 0. The molecule has 2 nitrogen and oxygen atoms in total. The number of nitrogens with one attached hydrogen (secondary N) is 1. The molecule has 0 aliphatic carbocycles. The van der Waals surface area contributed by atoms with E-state index in [0.717, 1.165) is 0 Å². The van der Waals surface area contributed by atoms with Gasteiger partial charge in [0, 0.05) is 11.5 Å². The Kier molecular flexibility index (Phi) is 3.07. The van der Waals surface area contributed by atoms with Gasteiger partial charge in [-0.1, -0.05) is 44.2 Å². The first-order valence-corrected chi connectivity index (χ1v) is 4.60. The summed E-state index contributed by atoms with van der Waals surface area (Å²) in [6.45, 7) is 6.46. The lowest BCUT2D eigenvalue weighted by atomic mass is 9.79. The average molecular weight is 178 g/mol. The van der Waals surface area contributed by atoms with E-state index in [4.69, 9.17) is 5.84 Å². The summed E-state index contributed by atoms with van der Waals surface area (Å²) in [5.41, 5.74) is 4.18. The van der Waals surface area contributed by atoms with Crippen LogP contribution in [0.1, 0.15) is 26.3 Å². The van der Waals surface area contributed by atoms with Crippen LogP contribution in [-0.4, -0.2) is 6.04 Å². The molecule has 1 atom stereocenters. The number of hydrogen-bond donors (Lipinski definition) is 2. The van der Waals surface area contributed by atoms with Gasteiger partial charge in [0.05, 0.1) is 0 Å². The van der Waals surface area contributed by atoms with Gasteiger partial charge < -0.3 is 0 Å². The summed E-state index contributed by atoms with van der Waals surface area (Å²) in [6.07, 6.45) is 0. The van der Waals surface area contributed by atoms with Gasteiger partial charge in [-0.15, -0.1) is 0 Å². The largest absolute Gasteiger partial charge is 0.271 e. The Morgan fingerprint density at radius 2 is 1.77 bits per heavy atom. The Morgan fingerprint density at radius 1 is 1.23 bits per heavy atom. The Hall–Kier alpha value is -0.860. The summed E-state index contributed by atoms with van der Waals surface area (Å²) >= 11 is 0. The molecule has 0 saturated carbocycles. The minimum atomic E-state index is 0.0655. The minimum Gasteiger partial charge on any atom is -0.271 e. The maximum absolute atomic E-state index is 5.45. The molecule has 0 aliphatic heterocycles. The molecule has 0 aliphatic rings. The van der Waals surface area contributed by atoms with Gasteiger partial charge in [-0.05, 0) is 12.5 Å². The fraction of sp³-hybridized carbons (Fsp3) is 0.455. The van der Waals surface area contributed by atoms with Gasteiger partial charge in [0.1, 0.15) is 0 Å². The first-order valence-electron chi connectivity index (χ1n) is 4.60. The van der Waals surface area contributed by atoms with E-state index < -0.39 is 0 Å². The molecular formula is C11H18N2. The molecular weight excluding hydrogens is 160 g/mol. The number of hydrogen-bond acceptors (Lipinski definition) is 2. The molecule has 1 unspecified atom stereocenters. The van der Waals surface area contributed by atoms with Crippen molar-refractivity contribution >= 4 is 0 Å². The molecule has 1 aromatic rings. The van der Waals surface area contributed by atoms with Gasteiger partial charge in [0.25, 0.3) is 0 Å². The van der Waals surface area contributed by atoms with Crippen LogP contribution < -0.4 is 11.3 Å². The smallest absolute Gasteiger partial charge is 0.0273 e. The highest BCUT2D eigenvalue weighted by Crippen LogP contribution is 2.26. The average Bonchev–Trinajstić information content (AvgIpc) is 2.18. The van der Waals surface area contributed by atoms with E-state index in [1.165, 1.54) is 5.56 Å². The molecule has 0 aromatic heterocycles. The van der Waals surface area contributed by atoms with Crippen molar-refractivity contribution in [3.05, 3.63) is 35.9 Å². The third-order valence-corrected chi connectivity index (χ3v) is 2.85. The maximum Gasteiger partial charge on any atom is 0.0273 e. The summed E-state index contributed by atoms with van der Waals surface area (Å²) in [6, 6.07) is 10.7. The van der Waals surface area contributed by atoms with Crippen LogP contribution in [0.15, 0.2) is 30.3 Å². The lowest BCUT2D eigenvalue weighted by Crippen LogP contribution is -2.45. The predicted octanol–water partition coefficient (Wildman–Crippen LogP) is 1.82. The van der Waals surface area contributed by atoms with Crippen molar-refractivity contribution in [1.82, 2.24) is 5.43 Å². The van der Waals surface area contributed by atoms with Crippen LogP contribution in [0.3, 0.4) is 0 Å². The van der Waals surface area contributed by atoms with E-state index in [9.17, 15) is 0 Å². The molecule has 0 radical (unpaired) electrons. The second-order valence-corrected chi connectivity index (χ2v) is 3.98. The van der Waals surface area contributed by atoms with E-state index in [1.807, 2.05) is 6.07 Å². The fourth-order valence-electron chi connectivity index (χ4n) is 1.33. The minimum absolute atomic E-state index is 0.0655. The number of rotatable bonds is 3. The van der Waals surface area contributed by atoms with E-state index in [-0.39, 0.29) is 11.5 Å². The van der Waals surface area contributed by atoms with E-state index in [2.05, 4.69) is 50.5 Å². The number of nitrogens with two attached hydrogens (primary N) is 1. The summed E-state index contributed by atoms with van der Waals surface area (Å²) in [7, 11) is 0. The maximum atomic E-state index is 5.45. The van der Waals surface area contributed by atoms with E-state index in [1.54, 1.807) is 0 Å². The zero-order valence-electron chi connectivity index (χ0n) is 8.54. The highest BCUT2D eigenvalue weighted by molar-refractivity contribution is 5.25. The van der Waals surface area contributed by atoms with Crippen LogP contribution in [0.25, 0.3) is 0 Å².